The number of carbonyl (C=O) groups is 1. The smallest absolute Gasteiger partial charge is 0.273 e. The fraction of sp³-hybridized carbons (Fsp3) is 0.200. The summed E-state index contributed by atoms with van der Waals surface area (Å²) in [5, 5.41) is 18.3. The van der Waals surface area contributed by atoms with Gasteiger partial charge in [-0.25, -0.2) is 9.07 Å². The number of rotatable bonds is 6. The van der Waals surface area contributed by atoms with E-state index in [-0.39, 0.29) is 29.9 Å². The normalized spacial score (nSPS) is 11.8. The number of benzene rings is 2. The minimum Gasteiger partial charge on any atom is -0.349 e. The van der Waals surface area contributed by atoms with Crippen LogP contribution in [0.5, 0.6) is 0 Å². The largest absolute Gasteiger partial charge is 0.349 e. The van der Waals surface area contributed by atoms with Crippen LogP contribution >= 0.6 is 0 Å². The van der Waals surface area contributed by atoms with Crippen LogP contribution in [-0.4, -0.2) is 20.6 Å². The maximum atomic E-state index is 13.1. The first-order chi connectivity index (χ1) is 13.4. The first-order valence-electron chi connectivity index (χ1n) is 8.69. The van der Waals surface area contributed by atoms with Gasteiger partial charge in [0.2, 0.25) is 5.91 Å². The molecule has 0 saturated heterocycles. The van der Waals surface area contributed by atoms with Gasteiger partial charge in [-0.15, -0.1) is 0 Å². The number of hydrogen-bond acceptors (Lipinski definition) is 4. The van der Waals surface area contributed by atoms with Gasteiger partial charge in [0.1, 0.15) is 5.82 Å². The van der Waals surface area contributed by atoms with Gasteiger partial charge in [0, 0.05) is 22.9 Å². The average Bonchev–Trinajstić information content (AvgIpc) is 3.04. The number of para-hydroxylation sites is 1. The molecule has 0 spiro atoms. The Bertz CT molecular complexity index is 1010. The lowest BCUT2D eigenvalue weighted by Gasteiger charge is -2.14. The van der Waals surface area contributed by atoms with E-state index in [4.69, 9.17) is 0 Å². The minimum absolute atomic E-state index is 0.0781. The Morgan fingerprint density at radius 2 is 1.93 bits per heavy atom. The summed E-state index contributed by atoms with van der Waals surface area (Å²) in [6, 6.07) is 11.8. The van der Waals surface area contributed by atoms with Crippen molar-refractivity contribution in [3.8, 4) is 5.69 Å². The van der Waals surface area contributed by atoms with Crippen molar-refractivity contribution in [2.45, 2.75) is 26.3 Å². The van der Waals surface area contributed by atoms with Crippen LogP contribution in [0.25, 0.3) is 5.69 Å². The monoisotopic (exact) mass is 382 g/mol. The van der Waals surface area contributed by atoms with Crippen LogP contribution in [0, 0.1) is 22.9 Å². The summed E-state index contributed by atoms with van der Waals surface area (Å²) in [6.07, 6.45) is 1.56. The molecule has 0 aliphatic rings. The summed E-state index contributed by atoms with van der Waals surface area (Å²) in [7, 11) is 0. The van der Waals surface area contributed by atoms with E-state index in [0.717, 1.165) is 11.3 Å². The molecule has 0 bridgehead atoms. The molecule has 0 aliphatic heterocycles. The molecule has 8 heteroatoms. The lowest BCUT2D eigenvalue weighted by Crippen LogP contribution is -2.28. The zero-order valence-corrected chi connectivity index (χ0v) is 15.4. The third kappa shape index (κ3) is 4.06. The zero-order chi connectivity index (χ0) is 20.3. The number of aromatic nitrogens is 2. The van der Waals surface area contributed by atoms with Gasteiger partial charge < -0.3 is 5.32 Å². The summed E-state index contributed by atoms with van der Waals surface area (Å²) in [6.45, 7) is 3.67. The first-order valence-corrected chi connectivity index (χ1v) is 8.69. The van der Waals surface area contributed by atoms with Gasteiger partial charge in [0.25, 0.3) is 5.69 Å². The molecule has 2 aromatic carbocycles. The third-order valence-corrected chi connectivity index (χ3v) is 4.50. The summed E-state index contributed by atoms with van der Waals surface area (Å²) < 4.78 is 14.8. The molecule has 0 radical (unpaired) electrons. The number of amides is 1. The van der Waals surface area contributed by atoms with E-state index in [1.54, 1.807) is 41.2 Å². The second-order valence-electron chi connectivity index (χ2n) is 6.43. The molecule has 0 saturated carbocycles. The molecule has 1 unspecified atom stereocenters. The van der Waals surface area contributed by atoms with Crippen molar-refractivity contribution in [2.75, 3.05) is 0 Å². The van der Waals surface area contributed by atoms with Gasteiger partial charge in [-0.2, -0.15) is 5.10 Å². The molecule has 1 atom stereocenters. The molecular formula is C20H19FN4O3. The number of nitrogens with zero attached hydrogens (tertiary/aromatic N) is 3. The standard InChI is InChI=1S/C20H19FN4O3/c1-13(23-20(26)11-15-5-3-4-6-19(15)25(27)28)18-12-22-24(14(18)2)17-9-7-16(21)8-10-17/h3-10,12-13H,11H2,1-2H3,(H,23,26). The quantitative estimate of drug-likeness (QED) is 0.520. The molecule has 3 aromatic rings. The van der Waals surface area contributed by atoms with E-state index in [1.165, 1.54) is 18.2 Å². The fourth-order valence-electron chi connectivity index (χ4n) is 3.07. The molecule has 1 aromatic heterocycles. The second-order valence-corrected chi connectivity index (χ2v) is 6.43. The Morgan fingerprint density at radius 3 is 2.61 bits per heavy atom. The van der Waals surface area contributed by atoms with Gasteiger partial charge in [-0.05, 0) is 38.1 Å². The lowest BCUT2D eigenvalue weighted by atomic mass is 10.1. The molecule has 28 heavy (non-hydrogen) atoms. The molecule has 0 fully saturated rings. The Hall–Kier alpha value is -3.55. The number of carbonyl (C=O) groups excluding carboxylic acids is 1. The van der Waals surface area contributed by atoms with Crippen LogP contribution in [0.15, 0.2) is 54.7 Å². The number of nitrogens with one attached hydrogen (secondary N) is 1. The highest BCUT2D eigenvalue weighted by atomic mass is 19.1. The second kappa shape index (κ2) is 7.99. The topological polar surface area (TPSA) is 90.1 Å². The average molecular weight is 382 g/mol. The minimum atomic E-state index is -0.497. The molecule has 3 rings (SSSR count). The summed E-state index contributed by atoms with van der Waals surface area (Å²) in [4.78, 5) is 23.0. The molecule has 1 heterocycles. The molecule has 0 aliphatic carbocycles. The number of hydrogen-bond donors (Lipinski definition) is 1. The van der Waals surface area contributed by atoms with Crippen LogP contribution in [0.2, 0.25) is 0 Å². The Morgan fingerprint density at radius 1 is 1.25 bits per heavy atom. The maximum absolute atomic E-state index is 13.1. The highest BCUT2D eigenvalue weighted by Crippen LogP contribution is 2.22. The van der Waals surface area contributed by atoms with Gasteiger partial charge in [-0.1, -0.05) is 18.2 Å². The molecule has 1 N–H and O–H groups in total. The van der Waals surface area contributed by atoms with Crippen LogP contribution < -0.4 is 5.32 Å². The summed E-state index contributed by atoms with van der Waals surface area (Å²) in [5.74, 6) is -0.653. The summed E-state index contributed by atoms with van der Waals surface area (Å²) >= 11 is 0. The van der Waals surface area contributed by atoms with Crippen LogP contribution in [0.1, 0.15) is 29.8 Å². The first kappa shape index (κ1) is 19.2. The van der Waals surface area contributed by atoms with E-state index in [1.807, 2.05) is 13.8 Å². The molecule has 7 nitrogen and oxygen atoms in total. The Balaban J connectivity index is 1.73. The van der Waals surface area contributed by atoms with E-state index < -0.39 is 4.92 Å². The number of halogens is 1. The van der Waals surface area contributed by atoms with Crippen molar-refractivity contribution in [1.82, 2.24) is 15.1 Å². The third-order valence-electron chi connectivity index (χ3n) is 4.50. The fourth-order valence-corrected chi connectivity index (χ4v) is 3.07. The predicted molar refractivity (Wildman–Crippen MR) is 102 cm³/mol. The molecular weight excluding hydrogens is 363 g/mol. The zero-order valence-electron chi connectivity index (χ0n) is 15.4. The van der Waals surface area contributed by atoms with Crippen molar-refractivity contribution in [3.63, 3.8) is 0 Å². The number of nitro benzene ring substituents is 1. The summed E-state index contributed by atoms with van der Waals surface area (Å²) in [5.41, 5.74) is 2.61. The van der Waals surface area contributed by atoms with Crippen LogP contribution in [-0.2, 0) is 11.2 Å². The lowest BCUT2D eigenvalue weighted by molar-refractivity contribution is -0.385. The Labute approximate surface area is 161 Å². The highest BCUT2D eigenvalue weighted by molar-refractivity contribution is 5.80. The Kier molecular flexibility index (Phi) is 5.49. The van der Waals surface area contributed by atoms with Gasteiger partial charge in [0.15, 0.2) is 0 Å². The van der Waals surface area contributed by atoms with Gasteiger partial charge in [0.05, 0.1) is 29.3 Å². The van der Waals surface area contributed by atoms with Crippen molar-refractivity contribution >= 4 is 11.6 Å². The van der Waals surface area contributed by atoms with Crippen molar-refractivity contribution < 1.29 is 14.1 Å². The van der Waals surface area contributed by atoms with Gasteiger partial charge in [-0.3, -0.25) is 14.9 Å². The molecule has 144 valence electrons. The van der Waals surface area contributed by atoms with E-state index in [0.29, 0.717) is 11.3 Å². The van der Waals surface area contributed by atoms with E-state index in [2.05, 4.69) is 10.4 Å². The van der Waals surface area contributed by atoms with Gasteiger partial charge >= 0.3 is 0 Å². The van der Waals surface area contributed by atoms with Crippen LogP contribution in [0.4, 0.5) is 10.1 Å². The predicted octanol–water partition coefficient (Wildman–Crippen LogP) is 3.65. The SMILES string of the molecule is Cc1c(C(C)NC(=O)Cc2ccccc2[N+](=O)[O-])cnn1-c1ccc(F)cc1. The van der Waals surface area contributed by atoms with Crippen molar-refractivity contribution in [2.24, 2.45) is 0 Å². The maximum Gasteiger partial charge on any atom is 0.273 e. The van der Waals surface area contributed by atoms with Crippen molar-refractivity contribution in [1.29, 1.82) is 0 Å². The number of nitro groups is 1. The van der Waals surface area contributed by atoms with E-state index >= 15 is 0 Å². The molecule has 1 amide bonds. The van der Waals surface area contributed by atoms with Crippen molar-refractivity contribution in [3.05, 3.63) is 87.5 Å². The highest BCUT2D eigenvalue weighted by Gasteiger charge is 2.19. The van der Waals surface area contributed by atoms with E-state index in [9.17, 15) is 19.3 Å². The van der Waals surface area contributed by atoms with Crippen LogP contribution in [0.3, 0.4) is 0 Å².